The van der Waals surface area contributed by atoms with Crippen LogP contribution in [0.2, 0.25) is 0 Å². The third-order valence-corrected chi connectivity index (χ3v) is 3.81. The summed E-state index contributed by atoms with van der Waals surface area (Å²) in [6.07, 6.45) is 0.634. The smallest absolute Gasteiger partial charge is 0.190 e. The maximum atomic E-state index is 14.3. The number of nitrogens with one attached hydrogen (secondary N) is 1. The number of ether oxygens (including phenoxy) is 1. The van der Waals surface area contributed by atoms with Gasteiger partial charge in [0.05, 0.1) is 18.0 Å². The van der Waals surface area contributed by atoms with E-state index >= 15 is 0 Å². The minimum Gasteiger partial charge on any atom is -0.490 e. The van der Waals surface area contributed by atoms with Crippen LogP contribution in [0.3, 0.4) is 0 Å². The van der Waals surface area contributed by atoms with Gasteiger partial charge in [-0.25, -0.2) is 8.78 Å². The van der Waals surface area contributed by atoms with Crippen molar-refractivity contribution in [3.63, 3.8) is 0 Å². The maximum absolute atomic E-state index is 14.3. The second-order valence-corrected chi connectivity index (χ2v) is 5.74. The summed E-state index contributed by atoms with van der Waals surface area (Å²) in [6.45, 7) is 0.438. The van der Waals surface area contributed by atoms with Gasteiger partial charge in [0.15, 0.2) is 11.6 Å². The molecule has 1 aliphatic rings. The van der Waals surface area contributed by atoms with Crippen molar-refractivity contribution in [1.82, 2.24) is 0 Å². The summed E-state index contributed by atoms with van der Waals surface area (Å²) in [5.41, 5.74) is 7.05. The molecule has 20 heavy (non-hydrogen) atoms. The Bertz CT molecular complexity index is 691. The molecular formula is C14H11F2IN2O. The van der Waals surface area contributed by atoms with E-state index in [1.54, 1.807) is 18.2 Å². The molecule has 3 nitrogen and oxygen atoms in total. The molecule has 104 valence electrons. The Morgan fingerprint density at radius 2 is 2.05 bits per heavy atom. The Morgan fingerprint density at radius 1 is 1.25 bits per heavy atom. The first-order valence-electron chi connectivity index (χ1n) is 6.02. The first-order chi connectivity index (χ1) is 9.56. The summed E-state index contributed by atoms with van der Waals surface area (Å²) in [4.78, 5) is 0. The number of anilines is 3. The van der Waals surface area contributed by atoms with Crippen LogP contribution < -0.4 is 15.8 Å². The molecule has 1 aliphatic heterocycles. The van der Waals surface area contributed by atoms with Crippen molar-refractivity contribution in [3.05, 3.63) is 45.0 Å². The molecule has 0 aromatic heterocycles. The van der Waals surface area contributed by atoms with Gasteiger partial charge in [-0.3, -0.25) is 0 Å². The summed E-state index contributed by atoms with van der Waals surface area (Å²) in [6, 6.07) is 6.30. The molecule has 0 bridgehead atoms. The zero-order valence-electron chi connectivity index (χ0n) is 10.3. The summed E-state index contributed by atoms with van der Waals surface area (Å²) in [7, 11) is 0. The molecule has 0 radical (unpaired) electrons. The minimum absolute atomic E-state index is 0.0470. The van der Waals surface area contributed by atoms with E-state index in [-0.39, 0.29) is 22.8 Å². The lowest BCUT2D eigenvalue weighted by molar-refractivity contribution is 0.340. The van der Waals surface area contributed by atoms with E-state index in [1.807, 2.05) is 22.6 Å². The van der Waals surface area contributed by atoms with Crippen molar-refractivity contribution in [1.29, 1.82) is 0 Å². The van der Waals surface area contributed by atoms with Gasteiger partial charge in [0.1, 0.15) is 11.5 Å². The predicted octanol–water partition coefficient (Wildman–Crippen LogP) is 3.83. The van der Waals surface area contributed by atoms with Gasteiger partial charge in [0.2, 0.25) is 0 Å². The molecule has 0 unspecified atom stereocenters. The van der Waals surface area contributed by atoms with Crippen LogP contribution in [-0.4, -0.2) is 6.61 Å². The van der Waals surface area contributed by atoms with Crippen LogP contribution in [0.25, 0.3) is 0 Å². The summed E-state index contributed by atoms with van der Waals surface area (Å²) in [5.74, 6) is -0.833. The molecule has 2 aromatic rings. The molecule has 6 heteroatoms. The summed E-state index contributed by atoms with van der Waals surface area (Å²) >= 11 is 2.00. The molecule has 2 aromatic carbocycles. The van der Waals surface area contributed by atoms with E-state index in [4.69, 9.17) is 10.5 Å². The second kappa shape index (κ2) is 5.08. The Kier molecular flexibility index (Phi) is 3.41. The van der Waals surface area contributed by atoms with E-state index in [2.05, 4.69) is 5.32 Å². The Hall–Kier alpha value is -1.57. The molecule has 0 aliphatic carbocycles. The van der Waals surface area contributed by atoms with Gasteiger partial charge in [0.25, 0.3) is 0 Å². The summed E-state index contributed by atoms with van der Waals surface area (Å²) < 4.78 is 34.2. The largest absolute Gasteiger partial charge is 0.490 e. The van der Waals surface area contributed by atoms with Gasteiger partial charge in [0, 0.05) is 15.6 Å². The van der Waals surface area contributed by atoms with Crippen LogP contribution in [-0.2, 0) is 6.42 Å². The first kappa shape index (κ1) is 13.4. The maximum Gasteiger partial charge on any atom is 0.190 e. The number of hydrogen-bond donors (Lipinski definition) is 2. The van der Waals surface area contributed by atoms with Gasteiger partial charge in [-0.2, -0.15) is 0 Å². The lowest BCUT2D eigenvalue weighted by atomic mass is 10.1. The van der Waals surface area contributed by atoms with Gasteiger partial charge in [-0.15, -0.1) is 0 Å². The predicted molar refractivity (Wildman–Crippen MR) is 82.4 cm³/mol. The van der Waals surface area contributed by atoms with Crippen LogP contribution in [0.4, 0.5) is 25.8 Å². The molecule has 0 saturated carbocycles. The van der Waals surface area contributed by atoms with Crippen molar-refractivity contribution in [2.75, 3.05) is 17.7 Å². The highest BCUT2D eigenvalue weighted by Crippen LogP contribution is 2.39. The van der Waals surface area contributed by atoms with E-state index in [1.165, 1.54) is 6.07 Å². The van der Waals surface area contributed by atoms with E-state index < -0.39 is 11.6 Å². The minimum atomic E-state index is -0.574. The van der Waals surface area contributed by atoms with Gasteiger partial charge < -0.3 is 15.8 Å². The highest BCUT2D eigenvalue weighted by atomic mass is 127. The van der Waals surface area contributed by atoms with Crippen molar-refractivity contribution in [2.45, 2.75) is 6.42 Å². The molecule has 3 rings (SSSR count). The van der Waals surface area contributed by atoms with Gasteiger partial charge in [-0.1, -0.05) is 0 Å². The SMILES string of the molecule is Nc1cc2c(c(F)c1Nc1ccc(I)cc1F)OCC2. The highest BCUT2D eigenvalue weighted by molar-refractivity contribution is 14.1. The fourth-order valence-corrected chi connectivity index (χ4v) is 2.62. The van der Waals surface area contributed by atoms with Crippen molar-refractivity contribution < 1.29 is 13.5 Å². The topological polar surface area (TPSA) is 47.3 Å². The average molecular weight is 388 g/mol. The molecule has 0 amide bonds. The number of fused-ring (bicyclic) bond motifs is 1. The molecule has 0 atom stereocenters. The van der Waals surface area contributed by atoms with Gasteiger partial charge >= 0.3 is 0 Å². The molecule has 1 heterocycles. The van der Waals surface area contributed by atoms with E-state index in [9.17, 15) is 8.78 Å². The quantitative estimate of drug-likeness (QED) is 0.608. The Morgan fingerprint density at radius 3 is 2.80 bits per heavy atom. The molecule has 0 saturated heterocycles. The van der Waals surface area contributed by atoms with E-state index in [0.29, 0.717) is 13.0 Å². The molecule has 0 spiro atoms. The van der Waals surface area contributed by atoms with Crippen LogP contribution >= 0.6 is 22.6 Å². The fourth-order valence-electron chi connectivity index (χ4n) is 2.16. The average Bonchev–Trinajstić information content (AvgIpc) is 2.85. The van der Waals surface area contributed by atoms with E-state index in [0.717, 1.165) is 9.13 Å². The first-order valence-corrected chi connectivity index (χ1v) is 7.10. The highest BCUT2D eigenvalue weighted by Gasteiger charge is 2.23. The third kappa shape index (κ3) is 2.28. The zero-order valence-corrected chi connectivity index (χ0v) is 12.5. The second-order valence-electron chi connectivity index (χ2n) is 4.49. The number of rotatable bonds is 2. The number of benzene rings is 2. The lowest BCUT2D eigenvalue weighted by Crippen LogP contribution is -2.03. The van der Waals surface area contributed by atoms with Crippen LogP contribution in [0.5, 0.6) is 5.75 Å². The number of nitrogens with two attached hydrogens (primary N) is 1. The van der Waals surface area contributed by atoms with Crippen molar-refractivity contribution in [3.8, 4) is 5.75 Å². The monoisotopic (exact) mass is 388 g/mol. The van der Waals surface area contributed by atoms with Gasteiger partial charge in [-0.05, 0) is 46.9 Å². The van der Waals surface area contributed by atoms with Crippen molar-refractivity contribution >= 4 is 39.7 Å². The normalized spacial score (nSPS) is 12.9. The Balaban J connectivity index is 2.03. The number of halogens is 3. The van der Waals surface area contributed by atoms with Crippen molar-refractivity contribution in [2.24, 2.45) is 0 Å². The van der Waals surface area contributed by atoms with Crippen LogP contribution in [0, 0.1) is 15.2 Å². The summed E-state index contributed by atoms with van der Waals surface area (Å²) in [5, 5.41) is 2.71. The zero-order chi connectivity index (χ0) is 14.3. The fraction of sp³-hybridized carbons (Fsp3) is 0.143. The molecule has 3 N–H and O–H groups in total. The van der Waals surface area contributed by atoms with Crippen LogP contribution in [0.15, 0.2) is 24.3 Å². The van der Waals surface area contributed by atoms with Crippen LogP contribution in [0.1, 0.15) is 5.56 Å². The standard InChI is InChI=1S/C14H11F2IN2O/c15-9-6-8(17)1-2-11(9)19-13-10(18)5-7-3-4-20-14(7)12(13)16/h1-2,5-6,19H,3-4,18H2. The number of nitrogen functional groups attached to an aromatic ring is 1. The third-order valence-electron chi connectivity index (χ3n) is 3.14. The molecule has 0 fully saturated rings. The lowest BCUT2D eigenvalue weighted by Gasteiger charge is -2.13. The molecular weight excluding hydrogens is 377 g/mol. The number of hydrogen-bond acceptors (Lipinski definition) is 3. The Labute approximate surface area is 128 Å².